The maximum atomic E-state index is 10.1. The Hall–Kier alpha value is 5.13. The molecule has 12 heavy (non-hydrogen) atoms. The molecule has 6 nitrogen and oxygen atoms in total. The molecule has 0 rings (SSSR count). The van der Waals surface area contributed by atoms with E-state index in [4.69, 9.17) is 4.89 Å². The maximum Gasteiger partial charge on any atom is 1.00 e. The molecule has 0 aliphatic heterocycles. The number of hydrogen-bond acceptors (Lipinski definition) is 5. The average molecular weight is 295 g/mol. The molecule has 2 atom stereocenters. The van der Waals surface area contributed by atoms with Crippen LogP contribution in [-0.4, -0.2) is 20.8 Å². The normalized spacial score (nSPS) is 15.6. The van der Waals surface area contributed by atoms with E-state index < -0.39 is 19.2 Å². The van der Waals surface area contributed by atoms with Crippen LogP contribution in [0.5, 0.6) is 0 Å². The second-order valence-electron chi connectivity index (χ2n) is 0.930. The molecule has 0 aliphatic carbocycles. The van der Waals surface area contributed by atoms with Crippen molar-refractivity contribution in [3.63, 3.8) is 0 Å². The molecule has 0 bridgehead atoms. The Bertz CT molecular complexity index is 174. The van der Waals surface area contributed by atoms with Crippen molar-refractivity contribution in [2.75, 3.05) is 7.11 Å². The Labute approximate surface area is 205 Å². The second kappa shape index (κ2) is 14.2. The zero-order valence-electron chi connectivity index (χ0n) is 10.3. The topological polar surface area (TPSA) is 95.9 Å². The number of phosphoric ester groups is 1. The molecular formula is CH7K3O6PS-. The summed E-state index contributed by atoms with van der Waals surface area (Å²) < 4.78 is 36.3. The van der Waals surface area contributed by atoms with Crippen LogP contribution in [-0.2, 0) is 24.4 Å². The number of hydrogen-bond donors (Lipinski definition) is 1. The standard InChI is InChI=1S/CH5O6PS.3K.3H/c1-6-8(2,3)7-9(4)5;;;;;;/h1H3,(H,2,3)(H,4,5);;;;;;/q;3*+1;3*-1/p-1. The smallest absolute Gasteiger partial charge is 1.00 e. The Morgan fingerprint density at radius 1 is 1.50 bits per heavy atom. The van der Waals surface area contributed by atoms with Crippen LogP contribution in [0.15, 0.2) is 0 Å². The molecule has 2 unspecified atom stereocenters. The average Bonchev–Trinajstić information content (AvgIpc) is 1.63. The van der Waals surface area contributed by atoms with Gasteiger partial charge < -0.3 is 13.7 Å². The quantitative estimate of drug-likeness (QED) is 0.316. The van der Waals surface area contributed by atoms with Crippen molar-refractivity contribution in [1.82, 2.24) is 0 Å². The molecule has 0 spiro atoms. The van der Waals surface area contributed by atoms with Crippen LogP contribution in [0.1, 0.15) is 4.28 Å². The molecule has 11 heteroatoms. The van der Waals surface area contributed by atoms with Crippen LogP contribution in [0.25, 0.3) is 0 Å². The third kappa shape index (κ3) is 17.5. The third-order valence-electron chi connectivity index (χ3n) is 0.386. The Morgan fingerprint density at radius 2 is 1.83 bits per heavy atom. The molecule has 0 saturated carbocycles. The summed E-state index contributed by atoms with van der Waals surface area (Å²) >= 11 is -3.02. The van der Waals surface area contributed by atoms with Gasteiger partial charge in [0.25, 0.3) is 0 Å². The van der Waals surface area contributed by atoms with Crippen molar-refractivity contribution in [1.29, 1.82) is 0 Å². The molecule has 0 saturated heterocycles. The van der Waals surface area contributed by atoms with Crippen molar-refractivity contribution >= 4 is 19.2 Å². The van der Waals surface area contributed by atoms with Crippen LogP contribution in [0.3, 0.4) is 0 Å². The van der Waals surface area contributed by atoms with Crippen LogP contribution in [0, 0.1) is 0 Å². The first-order valence-corrected chi connectivity index (χ1v) is 4.15. The SMILES string of the molecule is COP(=O)(O)OS(=O)[O-].[H-].[H-].[H-].[K+].[K+].[K+]. The zero-order valence-corrected chi connectivity index (χ0v) is 18.4. The molecule has 0 aromatic carbocycles. The third-order valence-corrected chi connectivity index (χ3v) is 2.09. The molecular weight excluding hydrogens is 288 g/mol. The molecule has 0 aromatic heterocycles. The fourth-order valence-corrected chi connectivity index (χ4v) is 0.966. The summed E-state index contributed by atoms with van der Waals surface area (Å²) in [5.74, 6) is 0. The summed E-state index contributed by atoms with van der Waals surface area (Å²) in [6, 6.07) is 0. The molecule has 0 aliphatic rings. The van der Waals surface area contributed by atoms with Gasteiger partial charge in [0.2, 0.25) is 0 Å². The van der Waals surface area contributed by atoms with Gasteiger partial charge in [-0.15, -0.1) is 0 Å². The van der Waals surface area contributed by atoms with Crippen molar-refractivity contribution < 1.29 is 185 Å². The van der Waals surface area contributed by atoms with Gasteiger partial charge in [-0.25, -0.2) is 8.77 Å². The summed E-state index contributed by atoms with van der Waals surface area (Å²) in [5.41, 5.74) is 0. The molecule has 62 valence electrons. The van der Waals surface area contributed by atoms with Crippen LogP contribution in [0.2, 0.25) is 0 Å². The summed E-state index contributed by atoms with van der Waals surface area (Å²) in [7, 11) is -3.49. The Kier molecular flexibility index (Phi) is 30.6. The molecule has 0 heterocycles. The monoisotopic (exact) mass is 295 g/mol. The van der Waals surface area contributed by atoms with E-state index in [0.717, 1.165) is 7.11 Å². The first-order valence-electron chi connectivity index (χ1n) is 1.66. The van der Waals surface area contributed by atoms with E-state index in [1.54, 1.807) is 0 Å². The fraction of sp³-hybridized carbons (Fsp3) is 1.00. The maximum absolute atomic E-state index is 10.1. The predicted molar refractivity (Wildman–Crippen MR) is 30.2 cm³/mol. The molecule has 1 N–H and O–H groups in total. The molecule has 0 aromatic rings. The van der Waals surface area contributed by atoms with Gasteiger partial charge in [-0.05, 0) is 0 Å². The Morgan fingerprint density at radius 3 is 1.92 bits per heavy atom. The minimum absolute atomic E-state index is 0. The van der Waals surface area contributed by atoms with Gasteiger partial charge in [0.1, 0.15) is 0 Å². The van der Waals surface area contributed by atoms with Crippen molar-refractivity contribution in [2.24, 2.45) is 0 Å². The minimum atomic E-state index is -4.34. The number of phosphoric acid groups is 1. The zero-order chi connectivity index (χ0) is 7.49. The second-order valence-corrected chi connectivity index (χ2v) is 3.24. The molecule has 0 fully saturated rings. The van der Waals surface area contributed by atoms with Crippen molar-refractivity contribution in [3.05, 3.63) is 0 Å². The van der Waals surface area contributed by atoms with Gasteiger partial charge in [-0.3, -0.25) is 4.52 Å². The summed E-state index contributed by atoms with van der Waals surface area (Å²) in [5, 5.41) is 0. The van der Waals surface area contributed by atoms with Gasteiger partial charge in [0.15, 0.2) is 0 Å². The van der Waals surface area contributed by atoms with Crippen LogP contribution in [0.4, 0.5) is 0 Å². The molecule has 0 amide bonds. The van der Waals surface area contributed by atoms with E-state index in [1.807, 2.05) is 0 Å². The first-order chi connectivity index (χ1) is 3.98. The van der Waals surface area contributed by atoms with Gasteiger partial charge in [-0.1, -0.05) is 0 Å². The van der Waals surface area contributed by atoms with E-state index in [1.165, 1.54) is 0 Å². The fourth-order valence-electron chi connectivity index (χ4n) is 0.107. The minimum Gasteiger partial charge on any atom is -1.00 e. The number of rotatable bonds is 3. The van der Waals surface area contributed by atoms with Crippen molar-refractivity contribution in [3.8, 4) is 0 Å². The van der Waals surface area contributed by atoms with Gasteiger partial charge >= 0.3 is 162 Å². The van der Waals surface area contributed by atoms with Crippen LogP contribution < -0.4 is 154 Å². The van der Waals surface area contributed by atoms with E-state index >= 15 is 0 Å². The van der Waals surface area contributed by atoms with Gasteiger partial charge in [-0.2, -0.15) is 3.97 Å². The molecule has 0 radical (unpaired) electrons. The van der Waals surface area contributed by atoms with Crippen LogP contribution >= 0.6 is 7.82 Å². The van der Waals surface area contributed by atoms with E-state index in [2.05, 4.69) is 8.49 Å². The summed E-state index contributed by atoms with van der Waals surface area (Å²) in [6.07, 6.45) is 0. The van der Waals surface area contributed by atoms with E-state index in [-0.39, 0.29) is 158 Å². The van der Waals surface area contributed by atoms with Crippen molar-refractivity contribution in [2.45, 2.75) is 0 Å². The van der Waals surface area contributed by atoms with E-state index in [9.17, 15) is 13.3 Å². The largest absolute Gasteiger partial charge is 1.00 e. The van der Waals surface area contributed by atoms with Gasteiger partial charge in [0, 0.05) is 7.11 Å². The summed E-state index contributed by atoms with van der Waals surface area (Å²) in [4.78, 5) is 8.21. The van der Waals surface area contributed by atoms with Gasteiger partial charge in [0.05, 0.1) is 11.4 Å². The summed E-state index contributed by atoms with van der Waals surface area (Å²) in [6.45, 7) is 0. The Balaban J connectivity index is -0.0000000213. The van der Waals surface area contributed by atoms with E-state index in [0.29, 0.717) is 0 Å². The predicted octanol–water partition coefficient (Wildman–Crippen LogP) is -9.11. The first kappa shape index (κ1) is 25.9.